The fourth-order valence-corrected chi connectivity index (χ4v) is 7.63. The molecule has 1 aliphatic rings. The summed E-state index contributed by atoms with van der Waals surface area (Å²) in [4.78, 5) is 4.31. The third-order valence-electron chi connectivity index (χ3n) is 10.0. The molecular weight excluding hydrogens is 576 g/mol. The van der Waals surface area contributed by atoms with Crippen LogP contribution in [0.25, 0.3) is 12.2 Å². The van der Waals surface area contributed by atoms with Crippen molar-refractivity contribution in [3.63, 3.8) is 0 Å². The summed E-state index contributed by atoms with van der Waals surface area (Å²) >= 11 is 0. The van der Waals surface area contributed by atoms with Crippen LogP contribution in [0.5, 0.6) is 0 Å². The maximum absolute atomic E-state index is 11.8. The van der Waals surface area contributed by atoms with Crippen LogP contribution in [0.1, 0.15) is 82.1 Å². The van der Waals surface area contributed by atoms with Crippen molar-refractivity contribution in [3.8, 4) is 0 Å². The Kier molecular flexibility index (Phi) is 14.7. The van der Waals surface area contributed by atoms with Gasteiger partial charge in [-0.3, -0.25) is 0 Å². The van der Waals surface area contributed by atoms with Crippen LogP contribution in [0.2, 0.25) is 0 Å². The van der Waals surface area contributed by atoms with Crippen molar-refractivity contribution in [2.45, 2.75) is 77.9 Å². The largest absolute Gasteiger partial charge is 0.385 e. The zero-order chi connectivity index (χ0) is 34.6. The van der Waals surface area contributed by atoms with E-state index in [9.17, 15) is 10.2 Å². The molecule has 3 aromatic carbocycles. The molecule has 0 bridgehead atoms. The van der Waals surface area contributed by atoms with Crippen LogP contribution < -0.4 is 0 Å². The maximum atomic E-state index is 11.8. The van der Waals surface area contributed by atoms with Crippen LogP contribution in [0.15, 0.2) is 96.1 Å². The lowest BCUT2D eigenvalue weighted by molar-refractivity contribution is -0.0493. The van der Waals surface area contributed by atoms with E-state index in [0.29, 0.717) is 5.92 Å². The first-order valence-corrected chi connectivity index (χ1v) is 17.6. The molecule has 1 aliphatic carbocycles. The Bertz CT molecular complexity index is 1410. The van der Waals surface area contributed by atoms with Gasteiger partial charge in [-0.25, -0.2) is 0 Å². The summed E-state index contributed by atoms with van der Waals surface area (Å²) in [5, 5.41) is 23.5. The molecule has 4 rings (SSSR count). The number of rotatable bonds is 12. The molecule has 3 aromatic rings. The van der Waals surface area contributed by atoms with E-state index >= 15 is 0 Å². The minimum absolute atomic E-state index is 0.0641. The molecule has 4 heteroatoms. The third-order valence-corrected chi connectivity index (χ3v) is 10.0. The molecule has 47 heavy (non-hydrogen) atoms. The van der Waals surface area contributed by atoms with Gasteiger partial charge in [0, 0.05) is 24.9 Å². The molecule has 0 heterocycles. The molecule has 1 fully saturated rings. The smallest absolute Gasteiger partial charge is 0.114 e. The zero-order valence-corrected chi connectivity index (χ0v) is 30.7. The average molecular weight is 639 g/mol. The van der Waals surface area contributed by atoms with Crippen molar-refractivity contribution in [2.75, 3.05) is 41.3 Å². The van der Waals surface area contributed by atoms with Crippen molar-refractivity contribution in [3.05, 3.63) is 118 Å². The predicted octanol–water partition coefficient (Wildman–Crippen LogP) is 9.08. The second-order valence-electron chi connectivity index (χ2n) is 14.6. The standard InChI is InChI=1S/C22H29NO.C21H33NO/c1-17-10-9-13-21(14-17)22(24,19(3)16-23(4)5)18(2)15-20-11-7-6-8-12-20;1-17(15-19-11-7-5-8-12-19)21(23,18(2)16-22(3)4)20-13-9-6-10-14-20/h6-15,19,24H,16H2,1-5H3;5,7-8,11-12,15,18,20,23H,6,9-10,13-14,16H2,1-4H3. The highest BCUT2D eigenvalue weighted by Crippen LogP contribution is 2.43. The van der Waals surface area contributed by atoms with Crippen molar-refractivity contribution in [2.24, 2.45) is 17.8 Å². The second-order valence-corrected chi connectivity index (χ2v) is 14.6. The Morgan fingerprint density at radius 3 is 1.68 bits per heavy atom. The maximum Gasteiger partial charge on any atom is 0.114 e. The Morgan fingerprint density at radius 1 is 0.702 bits per heavy atom. The molecule has 0 amide bonds. The normalized spacial score (nSPS) is 18.6. The minimum Gasteiger partial charge on any atom is -0.385 e. The summed E-state index contributed by atoms with van der Waals surface area (Å²) < 4.78 is 0. The van der Waals surface area contributed by atoms with Gasteiger partial charge in [0.25, 0.3) is 0 Å². The van der Waals surface area contributed by atoms with Gasteiger partial charge < -0.3 is 20.0 Å². The molecule has 4 atom stereocenters. The molecule has 0 radical (unpaired) electrons. The fraction of sp³-hybridized carbons (Fsp3) is 0.488. The summed E-state index contributed by atoms with van der Waals surface area (Å²) in [7, 11) is 8.27. The number of nitrogens with zero attached hydrogens (tertiary/aromatic N) is 2. The zero-order valence-electron chi connectivity index (χ0n) is 30.7. The molecule has 0 aromatic heterocycles. The molecular formula is C43H62N2O2. The summed E-state index contributed by atoms with van der Waals surface area (Å²) in [5.74, 6) is 0.668. The van der Waals surface area contributed by atoms with Gasteiger partial charge in [-0.2, -0.15) is 0 Å². The average Bonchev–Trinajstić information content (AvgIpc) is 3.05. The Balaban J connectivity index is 0.000000256. The molecule has 2 N–H and O–H groups in total. The van der Waals surface area contributed by atoms with E-state index in [0.717, 1.165) is 53.8 Å². The van der Waals surface area contributed by atoms with Crippen LogP contribution in [-0.2, 0) is 5.60 Å². The van der Waals surface area contributed by atoms with E-state index < -0.39 is 11.2 Å². The van der Waals surface area contributed by atoms with Gasteiger partial charge in [0.05, 0.1) is 5.60 Å². The summed E-state index contributed by atoms with van der Waals surface area (Å²) in [6.07, 6.45) is 10.4. The van der Waals surface area contributed by atoms with Gasteiger partial charge in [-0.15, -0.1) is 0 Å². The van der Waals surface area contributed by atoms with Crippen molar-refractivity contribution in [1.82, 2.24) is 9.80 Å². The van der Waals surface area contributed by atoms with Crippen LogP contribution in [-0.4, -0.2) is 66.9 Å². The Hall–Kier alpha value is -3.02. The first-order chi connectivity index (χ1) is 22.3. The van der Waals surface area contributed by atoms with Gasteiger partial charge in [0.2, 0.25) is 0 Å². The molecule has 256 valence electrons. The summed E-state index contributed by atoms with van der Waals surface area (Å²) in [6.45, 7) is 12.3. The SMILES string of the molecule is CC(=Cc1ccccc1)C(O)(C(C)CN(C)C)C1CCCCC1.CC(=Cc1ccccc1)C(O)(c1cccc(C)c1)C(C)CN(C)C. The highest BCUT2D eigenvalue weighted by atomic mass is 16.3. The second kappa shape index (κ2) is 17.9. The van der Waals surface area contributed by atoms with Crippen LogP contribution in [0, 0.1) is 24.7 Å². The highest BCUT2D eigenvalue weighted by Gasteiger charge is 2.43. The monoisotopic (exact) mass is 638 g/mol. The van der Waals surface area contributed by atoms with Gasteiger partial charge >= 0.3 is 0 Å². The Morgan fingerprint density at radius 2 is 1.19 bits per heavy atom. The van der Waals surface area contributed by atoms with Crippen molar-refractivity contribution < 1.29 is 10.2 Å². The first kappa shape index (κ1) is 38.4. The summed E-state index contributed by atoms with van der Waals surface area (Å²) in [5.41, 5.74) is 4.79. The minimum atomic E-state index is -0.994. The van der Waals surface area contributed by atoms with E-state index in [1.54, 1.807) is 0 Å². The Labute approximate surface area is 286 Å². The lowest BCUT2D eigenvalue weighted by atomic mass is 9.67. The fourth-order valence-electron chi connectivity index (χ4n) is 7.63. The highest BCUT2D eigenvalue weighted by molar-refractivity contribution is 5.56. The number of aryl methyl sites for hydroxylation is 1. The van der Waals surface area contributed by atoms with Gasteiger partial charge in [0.15, 0.2) is 0 Å². The number of hydrogen-bond donors (Lipinski definition) is 2. The third kappa shape index (κ3) is 10.5. The lowest BCUT2D eigenvalue weighted by Crippen LogP contribution is -2.49. The predicted molar refractivity (Wildman–Crippen MR) is 202 cm³/mol. The van der Waals surface area contributed by atoms with E-state index in [1.807, 2.05) is 57.4 Å². The van der Waals surface area contributed by atoms with E-state index in [4.69, 9.17) is 0 Å². The van der Waals surface area contributed by atoms with Crippen molar-refractivity contribution in [1.29, 1.82) is 0 Å². The van der Waals surface area contributed by atoms with Crippen LogP contribution in [0.3, 0.4) is 0 Å². The molecule has 0 saturated heterocycles. The van der Waals surface area contributed by atoms with Crippen molar-refractivity contribution >= 4 is 12.2 Å². The lowest BCUT2D eigenvalue weighted by Gasteiger charge is -2.44. The first-order valence-electron chi connectivity index (χ1n) is 17.6. The number of benzene rings is 3. The summed E-state index contributed by atoms with van der Waals surface area (Å²) in [6, 6.07) is 28.8. The number of aliphatic hydroxyl groups is 2. The molecule has 0 spiro atoms. The number of hydrogen-bond acceptors (Lipinski definition) is 4. The van der Waals surface area contributed by atoms with E-state index in [-0.39, 0.29) is 11.8 Å². The quantitative estimate of drug-likeness (QED) is 0.208. The molecule has 1 saturated carbocycles. The molecule has 0 aliphatic heterocycles. The van der Waals surface area contributed by atoms with Gasteiger partial charge in [0.1, 0.15) is 5.60 Å². The molecule has 4 nitrogen and oxygen atoms in total. The van der Waals surface area contributed by atoms with Crippen LogP contribution >= 0.6 is 0 Å². The van der Waals surface area contributed by atoms with Crippen LogP contribution in [0.4, 0.5) is 0 Å². The van der Waals surface area contributed by atoms with E-state index in [2.05, 4.69) is 112 Å². The van der Waals surface area contributed by atoms with Gasteiger partial charge in [-0.05, 0) is 95.6 Å². The van der Waals surface area contributed by atoms with E-state index in [1.165, 1.54) is 24.8 Å². The topological polar surface area (TPSA) is 46.9 Å². The molecule has 4 unspecified atom stereocenters. The van der Waals surface area contributed by atoms with Gasteiger partial charge in [-0.1, -0.05) is 136 Å².